The van der Waals surface area contributed by atoms with Crippen LogP contribution in [0.5, 0.6) is 0 Å². The first-order valence-corrected chi connectivity index (χ1v) is 6.84. The number of thiazole rings is 1. The van der Waals surface area contributed by atoms with Crippen molar-refractivity contribution < 1.29 is 0 Å². The zero-order valence-electron chi connectivity index (χ0n) is 8.68. The molecule has 3 rings (SSSR count). The van der Waals surface area contributed by atoms with E-state index in [1.807, 2.05) is 29.2 Å². The van der Waals surface area contributed by atoms with Crippen molar-refractivity contribution in [3.05, 3.63) is 24.3 Å². The van der Waals surface area contributed by atoms with Crippen molar-refractivity contribution in [2.45, 2.75) is 16.0 Å². The van der Waals surface area contributed by atoms with E-state index in [1.54, 1.807) is 0 Å². The molecular weight excluding hydrogens is 260 g/mol. The first-order chi connectivity index (χ1) is 7.42. The van der Waals surface area contributed by atoms with Crippen molar-refractivity contribution in [2.75, 3.05) is 13.1 Å². The molecule has 1 aromatic carbocycles. The third-order valence-corrected chi connectivity index (χ3v) is 4.96. The molecule has 2 aromatic rings. The van der Waals surface area contributed by atoms with E-state index in [9.17, 15) is 0 Å². The molecule has 0 radical (unpaired) electrons. The number of aromatic nitrogens is 1. The van der Waals surface area contributed by atoms with Crippen LogP contribution in [0.4, 0.5) is 0 Å². The molecular formula is C11H13ClN2S2. The van der Waals surface area contributed by atoms with E-state index in [-0.39, 0.29) is 12.4 Å². The van der Waals surface area contributed by atoms with Gasteiger partial charge >= 0.3 is 0 Å². The van der Waals surface area contributed by atoms with Gasteiger partial charge in [0.05, 0.1) is 10.2 Å². The molecule has 1 saturated heterocycles. The first-order valence-electron chi connectivity index (χ1n) is 5.15. The number of fused-ring (bicyclic) bond motifs is 1. The molecule has 0 spiro atoms. The maximum Gasteiger partial charge on any atom is 0.151 e. The Hall–Kier alpha value is -0.290. The second-order valence-electron chi connectivity index (χ2n) is 3.68. The minimum atomic E-state index is 0. The second-order valence-corrected chi connectivity index (χ2v) is 6.26. The number of thioether (sulfide) groups is 1. The average Bonchev–Trinajstić information content (AvgIpc) is 2.86. The summed E-state index contributed by atoms with van der Waals surface area (Å²) in [6.07, 6.45) is 1.26. The Labute approximate surface area is 109 Å². The fraction of sp³-hybridized carbons (Fsp3) is 0.364. The average molecular weight is 273 g/mol. The summed E-state index contributed by atoms with van der Waals surface area (Å²) in [4.78, 5) is 4.63. The maximum absolute atomic E-state index is 4.63. The van der Waals surface area contributed by atoms with E-state index in [4.69, 9.17) is 0 Å². The van der Waals surface area contributed by atoms with Crippen LogP contribution in [-0.2, 0) is 0 Å². The predicted octanol–water partition coefficient (Wildman–Crippen LogP) is 3.17. The van der Waals surface area contributed by atoms with Crippen molar-refractivity contribution in [3.63, 3.8) is 0 Å². The largest absolute Gasteiger partial charge is 0.316 e. The highest BCUT2D eigenvalue weighted by Crippen LogP contribution is 2.33. The molecule has 0 bridgehead atoms. The second kappa shape index (κ2) is 5.36. The lowest BCUT2D eigenvalue weighted by atomic mass is 10.3. The minimum Gasteiger partial charge on any atom is -0.316 e. The summed E-state index contributed by atoms with van der Waals surface area (Å²) in [6, 6.07) is 8.35. The topological polar surface area (TPSA) is 24.9 Å². The molecule has 5 heteroatoms. The van der Waals surface area contributed by atoms with Crippen molar-refractivity contribution in [3.8, 4) is 0 Å². The van der Waals surface area contributed by atoms with Crippen molar-refractivity contribution >= 4 is 45.7 Å². The van der Waals surface area contributed by atoms with Crippen molar-refractivity contribution in [2.24, 2.45) is 0 Å². The van der Waals surface area contributed by atoms with Gasteiger partial charge in [0, 0.05) is 11.8 Å². The summed E-state index contributed by atoms with van der Waals surface area (Å²) in [6.45, 7) is 2.28. The minimum absolute atomic E-state index is 0. The van der Waals surface area contributed by atoms with Crippen LogP contribution < -0.4 is 5.32 Å². The van der Waals surface area contributed by atoms with E-state index in [0.29, 0.717) is 5.25 Å². The molecule has 1 fully saturated rings. The quantitative estimate of drug-likeness (QED) is 0.909. The molecule has 0 amide bonds. The normalized spacial score (nSPS) is 19.9. The van der Waals surface area contributed by atoms with Gasteiger partial charge in [0.25, 0.3) is 0 Å². The Morgan fingerprint density at radius 1 is 1.38 bits per heavy atom. The first kappa shape index (κ1) is 12.2. The molecule has 1 N–H and O–H groups in total. The number of benzene rings is 1. The van der Waals surface area contributed by atoms with Crippen LogP contribution in [0.2, 0.25) is 0 Å². The van der Waals surface area contributed by atoms with Gasteiger partial charge in [-0.25, -0.2) is 4.98 Å². The van der Waals surface area contributed by atoms with E-state index in [1.165, 1.54) is 15.5 Å². The van der Waals surface area contributed by atoms with Crippen LogP contribution in [0.1, 0.15) is 6.42 Å². The Bertz CT molecular complexity index is 433. The van der Waals surface area contributed by atoms with Gasteiger partial charge in [-0.15, -0.1) is 23.7 Å². The lowest BCUT2D eigenvalue weighted by molar-refractivity contribution is 0.858. The summed E-state index contributed by atoms with van der Waals surface area (Å²) >= 11 is 3.73. The maximum atomic E-state index is 4.63. The molecule has 0 saturated carbocycles. The van der Waals surface area contributed by atoms with Gasteiger partial charge in [-0.2, -0.15) is 0 Å². The number of para-hydroxylation sites is 1. The van der Waals surface area contributed by atoms with Gasteiger partial charge in [-0.3, -0.25) is 0 Å². The molecule has 1 aliphatic rings. The highest BCUT2D eigenvalue weighted by atomic mass is 35.5. The molecule has 2 heterocycles. The standard InChI is InChI=1S/C11H12N2S2.ClH/c1-2-4-10-9(3-1)13-11(15-10)14-8-5-6-12-7-8;/h1-4,8,12H,5-7H2;1H/t8-;/m1./s1. The molecule has 1 aliphatic heterocycles. The summed E-state index contributed by atoms with van der Waals surface area (Å²) in [7, 11) is 0. The van der Waals surface area contributed by atoms with Gasteiger partial charge in [-0.1, -0.05) is 23.9 Å². The molecule has 0 aliphatic carbocycles. The summed E-state index contributed by atoms with van der Waals surface area (Å²) in [5.74, 6) is 0. The summed E-state index contributed by atoms with van der Waals surface area (Å²) in [5, 5.41) is 4.10. The van der Waals surface area contributed by atoms with Crippen LogP contribution in [-0.4, -0.2) is 23.3 Å². The SMILES string of the molecule is Cl.c1ccc2sc(S[C@@H]3CCNC3)nc2c1. The van der Waals surface area contributed by atoms with Gasteiger partial charge in [0.15, 0.2) is 4.34 Å². The molecule has 2 nitrogen and oxygen atoms in total. The van der Waals surface area contributed by atoms with E-state index in [2.05, 4.69) is 28.5 Å². The van der Waals surface area contributed by atoms with Gasteiger partial charge in [0.1, 0.15) is 0 Å². The monoisotopic (exact) mass is 272 g/mol. The van der Waals surface area contributed by atoms with E-state index in [0.717, 1.165) is 18.6 Å². The fourth-order valence-electron chi connectivity index (χ4n) is 1.77. The lowest BCUT2D eigenvalue weighted by Crippen LogP contribution is -2.09. The predicted molar refractivity (Wildman–Crippen MR) is 74.0 cm³/mol. The van der Waals surface area contributed by atoms with Crippen LogP contribution in [0.15, 0.2) is 28.6 Å². The van der Waals surface area contributed by atoms with Crippen LogP contribution in [0.25, 0.3) is 10.2 Å². The van der Waals surface area contributed by atoms with Gasteiger partial charge in [-0.05, 0) is 25.1 Å². The number of rotatable bonds is 2. The Morgan fingerprint density at radius 2 is 2.25 bits per heavy atom. The zero-order valence-corrected chi connectivity index (χ0v) is 11.1. The van der Waals surface area contributed by atoms with E-state index >= 15 is 0 Å². The molecule has 16 heavy (non-hydrogen) atoms. The van der Waals surface area contributed by atoms with Crippen LogP contribution in [0, 0.1) is 0 Å². The third kappa shape index (κ3) is 2.51. The molecule has 0 unspecified atom stereocenters. The molecule has 1 atom stereocenters. The zero-order chi connectivity index (χ0) is 10.1. The lowest BCUT2D eigenvalue weighted by Gasteiger charge is -2.02. The number of hydrogen-bond acceptors (Lipinski definition) is 4. The van der Waals surface area contributed by atoms with Crippen molar-refractivity contribution in [1.82, 2.24) is 10.3 Å². The molecule has 1 aromatic heterocycles. The Morgan fingerprint density at radius 3 is 3.00 bits per heavy atom. The number of nitrogens with one attached hydrogen (secondary N) is 1. The Balaban J connectivity index is 0.000000963. The van der Waals surface area contributed by atoms with Crippen LogP contribution >= 0.6 is 35.5 Å². The fourth-order valence-corrected chi connectivity index (χ4v) is 4.21. The van der Waals surface area contributed by atoms with E-state index < -0.39 is 0 Å². The smallest absolute Gasteiger partial charge is 0.151 e. The third-order valence-electron chi connectivity index (χ3n) is 2.56. The summed E-state index contributed by atoms with van der Waals surface area (Å²) in [5.41, 5.74) is 1.14. The Kier molecular flexibility index (Phi) is 4.08. The molecule has 86 valence electrons. The van der Waals surface area contributed by atoms with Crippen molar-refractivity contribution in [1.29, 1.82) is 0 Å². The van der Waals surface area contributed by atoms with Gasteiger partial charge < -0.3 is 5.32 Å². The number of hydrogen-bond donors (Lipinski definition) is 1. The number of nitrogens with zero attached hydrogens (tertiary/aromatic N) is 1. The number of halogens is 1. The van der Waals surface area contributed by atoms with Crippen LogP contribution in [0.3, 0.4) is 0 Å². The summed E-state index contributed by atoms with van der Waals surface area (Å²) < 4.78 is 2.51. The van der Waals surface area contributed by atoms with Gasteiger partial charge in [0.2, 0.25) is 0 Å². The highest BCUT2D eigenvalue weighted by Gasteiger charge is 2.17. The highest BCUT2D eigenvalue weighted by molar-refractivity contribution is 8.01.